The van der Waals surface area contributed by atoms with Crippen LogP contribution >= 0.6 is 0 Å². The molecule has 0 spiro atoms. The highest BCUT2D eigenvalue weighted by molar-refractivity contribution is 5.99. The minimum Gasteiger partial charge on any atom is -0.481 e. The van der Waals surface area contributed by atoms with E-state index in [-0.39, 0.29) is 18.7 Å². The number of hydrogen-bond acceptors (Lipinski definition) is 5. The Balaban J connectivity index is 1.47. The normalized spacial score (nSPS) is 20.6. The second kappa shape index (κ2) is 12.8. The summed E-state index contributed by atoms with van der Waals surface area (Å²) in [5.41, 5.74) is 0.787. The van der Waals surface area contributed by atoms with E-state index in [0.29, 0.717) is 0 Å². The number of carbonyl (C=O) groups is 4. The first-order valence-corrected chi connectivity index (χ1v) is 14.1. The minimum absolute atomic E-state index is 0.00103. The van der Waals surface area contributed by atoms with E-state index in [1.165, 1.54) is 24.1 Å². The van der Waals surface area contributed by atoms with Gasteiger partial charge in [-0.2, -0.15) is 13.2 Å². The van der Waals surface area contributed by atoms with Crippen LogP contribution in [0.4, 0.5) is 18.0 Å². The van der Waals surface area contributed by atoms with Gasteiger partial charge in [-0.1, -0.05) is 84.9 Å². The lowest BCUT2D eigenvalue weighted by molar-refractivity contribution is -0.167. The number of likely N-dealkylation sites (tertiary alicyclic amines) is 1. The Kier molecular flexibility index (Phi) is 8.94. The molecule has 4 atom stereocenters. The smallest absolute Gasteiger partial charge is 0.416 e. The van der Waals surface area contributed by atoms with E-state index in [4.69, 9.17) is 4.74 Å². The average molecular weight is 622 g/mol. The molecule has 2 fully saturated rings. The van der Waals surface area contributed by atoms with Crippen molar-refractivity contribution in [3.05, 3.63) is 113 Å². The second-order valence-electron chi connectivity index (χ2n) is 10.9. The molecule has 0 radical (unpaired) electrons. The number of carbonyl (C=O) groups excluding carboxylic acids is 3. The SMILES string of the molecule is CN(Cc1cccc(C(F)(F)F)c1)C(=O)[C@@H](CC(=O)O)N1C(=O)[C@@H](N2C(=O)OC[C@@H]2c2ccccc2)[C@H]1/C=C/c1ccccc1. The van der Waals surface area contributed by atoms with Crippen LogP contribution in [0, 0.1) is 0 Å². The highest BCUT2D eigenvalue weighted by Gasteiger charge is 2.58. The van der Waals surface area contributed by atoms with Crippen molar-refractivity contribution < 1.29 is 42.2 Å². The highest BCUT2D eigenvalue weighted by atomic mass is 19.4. The van der Waals surface area contributed by atoms with E-state index in [1.807, 2.05) is 36.4 Å². The van der Waals surface area contributed by atoms with Gasteiger partial charge in [0.05, 0.1) is 24.1 Å². The van der Waals surface area contributed by atoms with Crippen LogP contribution in [0.5, 0.6) is 0 Å². The zero-order valence-corrected chi connectivity index (χ0v) is 24.1. The summed E-state index contributed by atoms with van der Waals surface area (Å²) >= 11 is 0. The molecule has 2 saturated heterocycles. The molecule has 3 aromatic rings. The summed E-state index contributed by atoms with van der Waals surface area (Å²) < 4.78 is 45.2. The number of amides is 3. The number of alkyl halides is 3. The number of likely N-dealkylation sites (N-methyl/N-ethyl adjacent to an activating group) is 1. The number of nitrogens with zero attached hydrogens (tertiary/aromatic N) is 3. The number of benzene rings is 3. The number of hydrogen-bond donors (Lipinski definition) is 1. The summed E-state index contributed by atoms with van der Waals surface area (Å²) in [6.07, 6.45) is -2.71. The van der Waals surface area contributed by atoms with Gasteiger partial charge < -0.3 is 19.6 Å². The van der Waals surface area contributed by atoms with Crippen molar-refractivity contribution >= 4 is 30.0 Å². The zero-order chi connectivity index (χ0) is 32.3. The van der Waals surface area contributed by atoms with Crippen LogP contribution in [0.2, 0.25) is 0 Å². The first kappa shape index (κ1) is 31.3. The molecule has 2 heterocycles. The van der Waals surface area contributed by atoms with Gasteiger partial charge in [-0.25, -0.2) is 4.79 Å². The third-order valence-corrected chi connectivity index (χ3v) is 7.87. The van der Waals surface area contributed by atoms with Gasteiger partial charge in [0.15, 0.2) is 0 Å². The molecule has 0 unspecified atom stereocenters. The first-order valence-electron chi connectivity index (χ1n) is 14.1. The van der Waals surface area contributed by atoms with E-state index in [1.54, 1.807) is 36.4 Å². The fourth-order valence-corrected chi connectivity index (χ4v) is 5.73. The van der Waals surface area contributed by atoms with Gasteiger partial charge in [-0.15, -0.1) is 0 Å². The lowest BCUT2D eigenvalue weighted by Crippen LogP contribution is -2.74. The third kappa shape index (κ3) is 6.69. The quantitative estimate of drug-likeness (QED) is 0.320. The van der Waals surface area contributed by atoms with Crippen molar-refractivity contribution in [2.45, 2.75) is 43.3 Å². The number of ether oxygens (including phenoxy) is 1. The Morgan fingerprint density at radius 3 is 2.33 bits per heavy atom. The van der Waals surface area contributed by atoms with Gasteiger partial charge >= 0.3 is 18.2 Å². The summed E-state index contributed by atoms with van der Waals surface area (Å²) in [5.74, 6) is -2.78. The number of carboxylic acids is 1. The molecule has 0 bridgehead atoms. The maximum Gasteiger partial charge on any atom is 0.416 e. The molecular weight excluding hydrogens is 591 g/mol. The van der Waals surface area contributed by atoms with Gasteiger partial charge in [-0.3, -0.25) is 19.3 Å². The molecule has 12 heteroatoms. The van der Waals surface area contributed by atoms with Crippen molar-refractivity contribution in [3.63, 3.8) is 0 Å². The molecule has 5 rings (SSSR count). The molecule has 0 aromatic heterocycles. The van der Waals surface area contributed by atoms with Crippen molar-refractivity contribution in [1.82, 2.24) is 14.7 Å². The maximum absolute atomic E-state index is 13.9. The van der Waals surface area contributed by atoms with Crippen molar-refractivity contribution in [2.75, 3.05) is 13.7 Å². The number of rotatable bonds is 10. The molecule has 2 aliphatic rings. The molecule has 3 aromatic carbocycles. The van der Waals surface area contributed by atoms with Crippen LogP contribution in [-0.4, -0.2) is 75.5 Å². The molecule has 3 amide bonds. The van der Waals surface area contributed by atoms with Gasteiger partial charge in [0.1, 0.15) is 18.7 Å². The van der Waals surface area contributed by atoms with Crippen LogP contribution < -0.4 is 0 Å². The number of halogens is 3. The Bertz CT molecular complexity index is 1600. The van der Waals surface area contributed by atoms with E-state index < -0.39 is 66.2 Å². The van der Waals surface area contributed by atoms with Crippen LogP contribution in [0.3, 0.4) is 0 Å². The largest absolute Gasteiger partial charge is 0.481 e. The second-order valence-corrected chi connectivity index (χ2v) is 10.9. The molecule has 2 aliphatic heterocycles. The maximum atomic E-state index is 13.9. The third-order valence-electron chi connectivity index (χ3n) is 7.87. The summed E-state index contributed by atoms with van der Waals surface area (Å²) in [4.78, 5) is 56.2. The van der Waals surface area contributed by atoms with Gasteiger partial charge in [-0.05, 0) is 28.8 Å². The van der Waals surface area contributed by atoms with E-state index in [9.17, 15) is 37.5 Å². The predicted molar refractivity (Wildman–Crippen MR) is 156 cm³/mol. The fraction of sp³-hybridized carbons (Fsp3) is 0.273. The van der Waals surface area contributed by atoms with E-state index in [0.717, 1.165) is 33.1 Å². The first-order chi connectivity index (χ1) is 21.5. The van der Waals surface area contributed by atoms with E-state index >= 15 is 0 Å². The molecule has 0 saturated carbocycles. The number of cyclic esters (lactones) is 1. The van der Waals surface area contributed by atoms with Crippen LogP contribution in [0.25, 0.3) is 6.08 Å². The summed E-state index contributed by atoms with van der Waals surface area (Å²) in [7, 11) is 1.33. The van der Waals surface area contributed by atoms with Crippen molar-refractivity contribution in [2.24, 2.45) is 0 Å². The summed E-state index contributed by atoms with van der Waals surface area (Å²) in [5, 5.41) is 9.75. The standard InChI is InChI=1S/C33H30F3N3O6/c1-37(19-22-11-8-14-24(17-22)33(34,35)36)30(42)26(18-28(40)41)38-25(16-15-21-9-4-2-5-10-21)29(31(38)43)39-27(20-45-32(39)44)23-12-6-3-7-13-23/h2-17,25-27,29H,18-20H2,1H3,(H,40,41)/b16-15+/t25-,26-,27-,29+/m1/s1. The lowest BCUT2D eigenvalue weighted by atomic mass is 9.87. The highest BCUT2D eigenvalue weighted by Crippen LogP contribution is 2.39. The predicted octanol–water partition coefficient (Wildman–Crippen LogP) is 4.99. The molecule has 45 heavy (non-hydrogen) atoms. The van der Waals surface area contributed by atoms with Gasteiger partial charge in [0, 0.05) is 13.6 Å². The van der Waals surface area contributed by atoms with Crippen molar-refractivity contribution in [3.8, 4) is 0 Å². The summed E-state index contributed by atoms with van der Waals surface area (Å²) in [6.45, 7) is -0.262. The van der Waals surface area contributed by atoms with Crippen molar-refractivity contribution in [1.29, 1.82) is 0 Å². The molecular formula is C33H30F3N3O6. The molecule has 1 N–H and O–H groups in total. The van der Waals surface area contributed by atoms with Gasteiger partial charge in [0.2, 0.25) is 11.8 Å². The Labute approximate surface area is 257 Å². The average Bonchev–Trinajstić information content (AvgIpc) is 3.39. The van der Waals surface area contributed by atoms with E-state index in [2.05, 4.69) is 0 Å². The molecule has 234 valence electrons. The number of aliphatic carboxylic acids is 1. The topological polar surface area (TPSA) is 107 Å². The lowest BCUT2D eigenvalue weighted by Gasteiger charge is -2.52. The van der Waals surface area contributed by atoms with Crippen LogP contribution in [0.15, 0.2) is 91.0 Å². The van der Waals surface area contributed by atoms with Crippen LogP contribution in [-0.2, 0) is 31.8 Å². The number of carboxylic acid groups (broad SMARTS) is 1. The zero-order valence-electron chi connectivity index (χ0n) is 24.1. The Morgan fingerprint density at radius 1 is 1.02 bits per heavy atom. The Hall–Kier alpha value is -5.13. The summed E-state index contributed by atoms with van der Waals surface area (Å²) in [6, 6.07) is 18.4. The Morgan fingerprint density at radius 2 is 1.69 bits per heavy atom. The number of β-lactam (4-membered cyclic amide) rings is 1. The monoisotopic (exact) mass is 621 g/mol. The molecule has 9 nitrogen and oxygen atoms in total. The molecule has 0 aliphatic carbocycles. The van der Waals surface area contributed by atoms with Crippen LogP contribution in [0.1, 0.15) is 34.7 Å². The van der Waals surface area contributed by atoms with Gasteiger partial charge in [0.25, 0.3) is 0 Å². The fourth-order valence-electron chi connectivity index (χ4n) is 5.73. The minimum atomic E-state index is -4.59.